The van der Waals surface area contributed by atoms with Gasteiger partial charge in [-0.3, -0.25) is 4.21 Å². The molecule has 0 radical (unpaired) electrons. The van der Waals surface area contributed by atoms with E-state index in [1.165, 1.54) is 0 Å². The first-order valence-electron chi connectivity index (χ1n) is 3.45. The van der Waals surface area contributed by atoms with Crippen LogP contribution in [0.3, 0.4) is 0 Å². The molecule has 1 N–H and O–H groups in total. The maximum atomic E-state index is 11.1. The van der Waals surface area contributed by atoms with E-state index in [2.05, 4.69) is 8.86 Å². The van der Waals surface area contributed by atoms with Gasteiger partial charge in [0, 0.05) is 11.9 Å². The topological polar surface area (TPSA) is 55.8 Å². The third-order valence-corrected chi connectivity index (χ3v) is 1.45. The van der Waals surface area contributed by atoms with Gasteiger partial charge in [0.15, 0.2) is 0 Å². The van der Waals surface area contributed by atoms with Gasteiger partial charge in [0.2, 0.25) is 0 Å². The van der Waals surface area contributed by atoms with Gasteiger partial charge in [0.1, 0.15) is 0 Å². The first-order valence-corrected chi connectivity index (χ1v) is 3.76. The minimum Gasteiger partial charge on any atom is -0.480 e. The van der Waals surface area contributed by atoms with Crippen molar-refractivity contribution in [2.75, 3.05) is 0 Å². The zero-order valence-corrected chi connectivity index (χ0v) is 7.27. The second-order valence-corrected chi connectivity index (χ2v) is 2.35. The fraction of sp³-hybridized carbons (Fsp3) is 0. The van der Waals surface area contributed by atoms with Crippen LogP contribution in [0.25, 0.3) is 0 Å². The van der Waals surface area contributed by atoms with E-state index in [4.69, 9.17) is 16.9 Å². The highest BCUT2D eigenvalue weighted by Gasteiger charge is 2.21. The fourth-order valence-electron chi connectivity index (χ4n) is 0.752. The van der Waals surface area contributed by atoms with Gasteiger partial charge in [0.25, 0.3) is 0 Å². The van der Waals surface area contributed by atoms with Crippen LogP contribution in [0.4, 0.5) is 0 Å². The second kappa shape index (κ2) is 4.86. The number of hydrogen-bond acceptors (Lipinski definition) is 4. The minimum atomic E-state index is -1.74. The summed E-state index contributed by atoms with van der Waals surface area (Å²) in [7, 11) is -1.74. The number of benzene rings is 1. The highest BCUT2D eigenvalue weighted by molar-refractivity contribution is 6.44. The SMILES string of the molecule is O=C(OB(O)OCl)c1ccccc1. The second-order valence-electron chi connectivity index (χ2n) is 2.17. The molecule has 0 aliphatic rings. The fourth-order valence-corrected chi connectivity index (χ4v) is 0.788. The predicted octanol–water partition coefficient (Wildman–Crippen LogP) is 0.991. The van der Waals surface area contributed by atoms with Gasteiger partial charge in [-0.2, -0.15) is 0 Å². The third kappa shape index (κ3) is 3.06. The molecule has 0 aliphatic heterocycles. The normalized spacial score (nSPS) is 9.38. The molecule has 0 spiro atoms. The van der Waals surface area contributed by atoms with E-state index < -0.39 is 13.3 Å². The van der Waals surface area contributed by atoms with Crippen molar-refractivity contribution < 1.29 is 18.7 Å². The van der Waals surface area contributed by atoms with Gasteiger partial charge >= 0.3 is 13.3 Å². The lowest BCUT2D eigenvalue weighted by molar-refractivity contribution is 0.0659. The van der Waals surface area contributed by atoms with Crippen LogP contribution in [0.1, 0.15) is 10.4 Å². The molecule has 1 aromatic carbocycles. The molecular weight excluding hydrogens is 194 g/mol. The van der Waals surface area contributed by atoms with Crippen molar-refractivity contribution in [1.29, 1.82) is 0 Å². The van der Waals surface area contributed by atoms with E-state index in [-0.39, 0.29) is 0 Å². The molecule has 68 valence electrons. The van der Waals surface area contributed by atoms with Crippen LogP contribution in [-0.2, 0) is 8.86 Å². The molecule has 6 heteroatoms. The van der Waals surface area contributed by atoms with Gasteiger partial charge in [-0.15, -0.1) is 0 Å². The van der Waals surface area contributed by atoms with Gasteiger partial charge in [-0.25, -0.2) is 4.79 Å². The van der Waals surface area contributed by atoms with Crippen molar-refractivity contribution in [2.24, 2.45) is 0 Å². The highest BCUT2D eigenvalue weighted by atomic mass is 35.5. The number of carbonyl (C=O) groups excluding carboxylic acids is 1. The van der Waals surface area contributed by atoms with Crippen molar-refractivity contribution in [3.8, 4) is 0 Å². The minimum absolute atomic E-state index is 0.315. The van der Waals surface area contributed by atoms with Crippen LogP contribution in [0, 0.1) is 0 Å². The van der Waals surface area contributed by atoms with E-state index in [9.17, 15) is 4.79 Å². The predicted molar refractivity (Wildman–Crippen MR) is 46.8 cm³/mol. The Labute approximate surface area is 80.4 Å². The number of hydrogen-bond donors (Lipinski definition) is 1. The molecule has 0 saturated carbocycles. The average molecular weight is 200 g/mol. The maximum absolute atomic E-state index is 11.1. The quantitative estimate of drug-likeness (QED) is 0.739. The molecule has 0 aliphatic carbocycles. The summed E-state index contributed by atoms with van der Waals surface area (Å²) in [6, 6.07) is 8.19. The molecular formula is C7H6BClO4. The molecule has 4 nitrogen and oxygen atoms in total. The molecule has 0 atom stereocenters. The summed E-state index contributed by atoms with van der Waals surface area (Å²) in [5.74, 6) is -0.700. The van der Waals surface area contributed by atoms with Gasteiger partial charge in [-0.05, 0) is 12.1 Å². The molecule has 1 rings (SSSR count). The molecule has 0 amide bonds. The zero-order chi connectivity index (χ0) is 9.68. The summed E-state index contributed by atoms with van der Waals surface area (Å²) in [6.45, 7) is 0. The monoisotopic (exact) mass is 200 g/mol. The van der Waals surface area contributed by atoms with Crippen LogP contribution < -0.4 is 0 Å². The van der Waals surface area contributed by atoms with Crippen molar-refractivity contribution >= 4 is 25.2 Å². The Morgan fingerprint density at radius 3 is 2.54 bits per heavy atom. The molecule has 0 bridgehead atoms. The smallest absolute Gasteiger partial charge is 0.480 e. The first-order chi connectivity index (χ1) is 6.24. The summed E-state index contributed by atoms with van der Waals surface area (Å²) in [5.41, 5.74) is 0.315. The first kappa shape index (κ1) is 10.0. The molecule has 0 saturated heterocycles. The highest BCUT2D eigenvalue weighted by Crippen LogP contribution is 2.02. The summed E-state index contributed by atoms with van der Waals surface area (Å²) in [5, 5.41) is 8.69. The molecule has 0 heterocycles. The molecule has 0 aromatic heterocycles. The Morgan fingerprint density at radius 1 is 1.38 bits per heavy atom. The van der Waals surface area contributed by atoms with E-state index in [1.54, 1.807) is 30.3 Å². The molecule has 0 fully saturated rings. The van der Waals surface area contributed by atoms with Crippen molar-refractivity contribution in [3.63, 3.8) is 0 Å². The lowest BCUT2D eigenvalue weighted by Crippen LogP contribution is -2.22. The largest absolute Gasteiger partial charge is 0.729 e. The Balaban J connectivity index is 2.59. The van der Waals surface area contributed by atoms with Gasteiger partial charge < -0.3 is 9.68 Å². The van der Waals surface area contributed by atoms with Crippen molar-refractivity contribution in [2.45, 2.75) is 0 Å². The van der Waals surface area contributed by atoms with Crippen LogP contribution in [-0.4, -0.2) is 18.3 Å². The molecule has 13 heavy (non-hydrogen) atoms. The van der Waals surface area contributed by atoms with Crippen molar-refractivity contribution in [3.05, 3.63) is 35.9 Å². The Morgan fingerprint density at radius 2 is 2.00 bits per heavy atom. The summed E-state index contributed by atoms with van der Waals surface area (Å²) >= 11 is 4.76. The van der Waals surface area contributed by atoms with E-state index in [0.717, 1.165) is 0 Å². The van der Waals surface area contributed by atoms with Crippen molar-refractivity contribution in [1.82, 2.24) is 0 Å². The average Bonchev–Trinajstić information content (AvgIpc) is 2.19. The van der Waals surface area contributed by atoms with E-state index in [0.29, 0.717) is 5.56 Å². The lowest BCUT2D eigenvalue weighted by Gasteiger charge is -2.03. The van der Waals surface area contributed by atoms with Crippen LogP contribution in [0.15, 0.2) is 30.3 Å². The molecule has 0 unspecified atom stereocenters. The summed E-state index contributed by atoms with van der Waals surface area (Å²) < 4.78 is 8.18. The van der Waals surface area contributed by atoms with Gasteiger partial charge in [-0.1, -0.05) is 18.2 Å². The lowest BCUT2D eigenvalue weighted by atomic mass is 10.2. The standard InChI is InChI=1S/C7H6BClO4/c9-13-8(11)12-7(10)6-4-2-1-3-5-6/h1-5,11H. The van der Waals surface area contributed by atoms with Crippen LogP contribution >= 0.6 is 11.9 Å². The van der Waals surface area contributed by atoms with Crippen LogP contribution in [0.5, 0.6) is 0 Å². The number of rotatable bonds is 3. The Bertz CT molecular complexity index is 279. The van der Waals surface area contributed by atoms with Crippen LogP contribution in [0.2, 0.25) is 0 Å². The Hall–Kier alpha value is -1.04. The third-order valence-electron chi connectivity index (χ3n) is 1.29. The molecule has 1 aromatic rings. The van der Waals surface area contributed by atoms with E-state index >= 15 is 0 Å². The summed E-state index contributed by atoms with van der Waals surface area (Å²) in [4.78, 5) is 11.1. The zero-order valence-electron chi connectivity index (χ0n) is 6.51. The number of halogens is 1. The summed E-state index contributed by atoms with van der Waals surface area (Å²) in [6.07, 6.45) is 0. The van der Waals surface area contributed by atoms with E-state index in [1.807, 2.05) is 0 Å². The van der Waals surface area contributed by atoms with Gasteiger partial charge in [0.05, 0.1) is 5.56 Å². The number of carbonyl (C=O) groups is 1. The maximum Gasteiger partial charge on any atom is 0.729 e. The Kier molecular flexibility index (Phi) is 3.76.